The van der Waals surface area contributed by atoms with E-state index >= 15 is 0 Å². The molecule has 24 heavy (non-hydrogen) atoms. The summed E-state index contributed by atoms with van der Waals surface area (Å²) in [5.74, 6) is 0. The number of hydrogen-bond acceptors (Lipinski definition) is 6. The standard InChI is InChI=1S/C14H19N3O6S/c1-4-8-16(24(20,21)15(2)3)13-11(14-22-9-10-23-14)6-5-7-12(13)17(18)19/h4-7,14H,1,8-10H2,2-3H3. The van der Waals surface area contributed by atoms with E-state index in [1.165, 1.54) is 32.3 Å². The summed E-state index contributed by atoms with van der Waals surface area (Å²) in [6.45, 7) is 4.07. The van der Waals surface area contributed by atoms with Gasteiger partial charge in [0.15, 0.2) is 6.29 Å². The zero-order chi connectivity index (χ0) is 17.9. The minimum absolute atomic E-state index is 0.0806. The summed E-state index contributed by atoms with van der Waals surface area (Å²) in [6, 6.07) is 4.27. The molecule has 1 aliphatic rings. The number of ether oxygens (including phenoxy) is 2. The molecule has 0 N–H and O–H groups in total. The third kappa shape index (κ3) is 3.41. The molecule has 0 amide bonds. The maximum absolute atomic E-state index is 12.7. The molecule has 2 rings (SSSR count). The molecule has 0 radical (unpaired) electrons. The first-order chi connectivity index (χ1) is 11.3. The van der Waals surface area contributed by atoms with Crippen LogP contribution in [0.4, 0.5) is 11.4 Å². The van der Waals surface area contributed by atoms with Crippen molar-refractivity contribution in [3.05, 3.63) is 46.5 Å². The van der Waals surface area contributed by atoms with Crippen molar-refractivity contribution in [2.75, 3.05) is 38.2 Å². The number of nitro groups is 1. The van der Waals surface area contributed by atoms with Gasteiger partial charge in [0.05, 0.1) is 24.7 Å². The van der Waals surface area contributed by atoms with Crippen molar-refractivity contribution < 1.29 is 22.8 Å². The molecule has 1 aromatic carbocycles. The topological polar surface area (TPSA) is 102 Å². The van der Waals surface area contributed by atoms with Gasteiger partial charge in [0.25, 0.3) is 5.69 Å². The molecule has 9 nitrogen and oxygen atoms in total. The molecule has 0 atom stereocenters. The summed E-state index contributed by atoms with van der Waals surface area (Å²) in [5, 5.41) is 11.5. The van der Waals surface area contributed by atoms with Gasteiger partial charge in [-0.1, -0.05) is 18.2 Å². The van der Waals surface area contributed by atoms with E-state index in [-0.39, 0.29) is 23.5 Å². The lowest BCUT2D eigenvalue weighted by atomic mass is 10.1. The van der Waals surface area contributed by atoms with Crippen molar-refractivity contribution in [1.29, 1.82) is 0 Å². The third-order valence-electron chi connectivity index (χ3n) is 3.40. The molecule has 0 unspecified atom stereocenters. The van der Waals surface area contributed by atoms with Crippen LogP contribution in [0.3, 0.4) is 0 Å². The summed E-state index contributed by atoms with van der Waals surface area (Å²) in [7, 11) is -1.28. The van der Waals surface area contributed by atoms with Crippen LogP contribution in [0.2, 0.25) is 0 Å². The lowest BCUT2D eigenvalue weighted by molar-refractivity contribution is -0.384. The number of nitro benzene ring substituents is 1. The first-order valence-corrected chi connectivity index (χ1v) is 8.52. The van der Waals surface area contributed by atoms with Crippen molar-refractivity contribution >= 4 is 21.6 Å². The third-order valence-corrected chi connectivity index (χ3v) is 5.21. The van der Waals surface area contributed by atoms with Gasteiger partial charge in [-0.05, 0) is 0 Å². The summed E-state index contributed by atoms with van der Waals surface area (Å²) < 4.78 is 38.1. The number of para-hydroxylation sites is 1. The zero-order valence-electron chi connectivity index (χ0n) is 13.4. The average molecular weight is 357 g/mol. The van der Waals surface area contributed by atoms with Crippen molar-refractivity contribution in [3.63, 3.8) is 0 Å². The van der Waals surface area contributed by atoms with Gasteiger partial charge in [0.2, 0.25) is 0 Å². The summed E-state index contributed by atoms with van der Waals surface area (Å²) in [4.78, 5) is 10.8. The fourth-order valence-electron chi connectivity index (χ4n) is 2.31. The summed E-state index contributed by atoms with van der Waals surface area (Å²) >= 11 is 0. The molecule has 10 heteroatoms. The Bertz CT molecular complexity index is 728. The Morgan fingerprint density at radius 1 is 1.38 bits per heavy atom. The Hall–Kier alpha value is -2.01. The first kappa shape index (κ1) is 18.3. The van der Waals surface area contributed by atoms with Gasteiger partial charge in [-0.3, -0.25) is 10.1 Å². The van der Waals surface area contributed by atoms with Crippen LogP contribution in [0.15, 0.2) is 30.9 Å². The Balaban J connectivity index is 2.71. The fourth-order valence-corrected chi connectivity index (χ4v) is 3.43. The Morgan fingerprint density at radius 3 is 2.50 bits per heavy atom. The van der Waals surface area contributed by atoms with E-state index in [4.69, 9.17) is 9.47 Å². The molecule has 1 aliphatic heterocycles. The molecule has 1 fully saturated rings. The highest BCUT2D eigenvalue weighted by atomic mass is 32.2. The van der Waals surface area contributed by atoms with Crippen molar-refractivity contribution in [1.82, 2.24) is 4.31 Å². The molecular weight excluding hydrogens is 338 g/mol. The van der Waals surface area contributed by atoms with E-state index in [2.05, 4.69) is 6.58 Å². The van der Waals surface area contributed by atoms with Gasteiger partial charge >= 0.3 is 10.2 Å². The average Bonchev–Trinajstić information content (AvgIpc) is 3.05. The molecule has 0 bridgehead atoms. The number of hydrogen-bond donors (Lipinski definition) is 0. The van der Waals surface area contributed by atoms with Gasteiger partial charge in [-0.25, -0.2) is 4.31 Å². The smallest absolute Gasteiger partial charge is 0.304 e. The maximum Gasteiger partial charge on any atom is 0.304 e. The SMILES string of the molecule is C=CCN(c1c(C2OCCO2)cccc1[N+](=O)[O-])S(=O)(=O)N(C)C. The lowest BCUT2D eigenvalue weighted by Crippen LogP contribution is -2.41. The van der Waals surface area contributed by atoms with Crippen LogP contribution in [-0.2, 0) is 19.7 Å². The molecule has 132 valence electrons. The Labute approximate surface area is 140 Å². The summed E-state index contributed by atoms with van der Waals surface area (Å²) in [6.07, 6.45) is 0.502. The van der Waals surface area contributed by atoms with E-state index in [1.54, 1.807) is 6.07 Å². The quantitative estimate of drug-likeness (QED) is 0.416. The number of rotatable bonds is 7. The maximum atomic E-state index is 12.7. The molecule has 1 saturated heterocycles. The summed E-state index contributed by atoms with van der Waals surface area (Å²) in [5.41, 5.74) is -0.143. The molecule has 1 aromatic rings. The highest BCUT2D eigenvalue weighted by molar-refractivity contribution is 7.90. The minimum atomic E-state index is -3.98. The van der Waals surface area contributed by atoms with Gasteiger partial charge in [-0.15, -0.1) is 6.58 Å². The van der Waals surface area contributed by atoms with Crippen molar-refractivity contribution in [2.45, 2.75) is 6.29 Å². The van der Waals surface area contributed by atoms with Crippen molar-refractivity contribution in [2.24, 2.45) is 0 Å². The first-order valence-electron chi connectivity index (χ1n) is 7.12. The predicted molar refractivity (Wildman–Crippen MR) is 87.9 cm³/mol. The van der Waals surface area contributed by atoms with Crippen LogP contribution >= 0.6 is 0 Å². The van der Waals surface area contributed by atoms with Crippen LogP contribution in [0.5, 0.6) is 0 Å². The van der Waals surface area contributed by atoms with Crippen LogP contribution in [-0.4, -0.2) is 51.5 Å². The molecular formula is C14H19N3O6S. The molecule has 0 saturated carbocycles. The molecule has 1 heterocycles. The lowest BCUT2D eigenvalue weighted by Gasteiger charge is -2.28. The molecule has 0 aromatic heterocycles. The van der Waals surface area contributed by atoms with Gasteiger partial charge in [0, 0.05) is 25.7 Å². The molecule has 0 spiro atoms. The second-order valence-corrected chi connectivity index (χ2v) is 7.22. The van der Waals surface area contributed by atoms with Gasteiger partial charge in [-0.2, -0.15) is 12.7 Å². The number of anilines is 1. The highest BCUT2D eigenvalue weighted by Gasteiger charge is 2.35. The molecule has 0 aliphatic carbocycles. The Kier molecular flexibility index (Phi) is 5.54. The minimum Gasteiger partial charge on any atom is -0.346 e. The number of benzene rings is 1. The largest absolute Gasteiger partial charge is 0.346 e. The monoisotopic (exact) mass is 357 g/mol. The number of nitrogens with zero attached hydrogens (tertiary/aromatic N) is 3. The van der Waals surface area contributed by atoms with Crippen LogP contribution < -0.4 is 4.31 Å². The van der Waals surface area contributed by atoms with Crippen LogP contribution in [0.25, 0.3) is 0 Å². The van der Waals surface area contributed by atoms with Gasteiger partial charge < -0.3 is 9.47 Å². The van der Waals surface area contributed by atoms with E-state index in [0.717, 1.165) is 8.61 Å². The van der Waals surface area contributed by atoms with Crippen LogP contribution in [0.1, 0.15) is 11.9 Å². The second-order valence-electron chi connectivity index (χ2n) is 5.16. The van der Waals surface area contributed by atoms with E-state index in [0.29, 0.717) is 13.2 Å². The predicted octanol–water partition coefficient (Wildman–Crippen LogP) is 1.44. The van der Waals surface area contributed by atoms with Crippen LogP contribution in [0, 0.1) is 10.1 Å². The van der Waals surface area contributed by atoms with Crippen molar-refractivity contribution in [3.8, 4) is 0 Å². The highest BCUT2D eigenvalue weighted by Crippen LogP contribution is 2.40. The zero-order valence-corrected chi connectivity index (χ0v) is 14.2. The van der Waals surface area contributed by atoms with E-state index in [1.807, 2.05) is 0 Å². The fraction of sp³-hybridized carbons (Fsp3) is 0.429. The second kappa shape index (κ2) is 7.26. The van der Waals surface area contributed by atoms with Gasteiger partial charge in [0.1, 0.15) is 5.69 Å². The normalized spacial score (nSPS) is 15.6. The van der Waals surface area contributed by atoms with E-state index < -0.39 is 21.4 Å². The van der Waals surface area contributed by atoms with E-state index in [9.17, 15) is 18.5 Å². The Morgan fingerprint density at radius 2 is 2.00 bits per heavy atom.